The molecule has 2 aliphatic rings. The zero-order chi connectivity index (χ0) is 49.6. The molecule has 0 saturated carbocycles. The van der Waals surface area contributed by atoms with Crippen LogP contribution in [-0.2, 0) is 51.7 Å². The Hall–Kier alpha value is -7.23. The molecule has 1 fully saturated rings. The van der Waals surface area contributed by atoms with E-state index in [-0.39, 0.29) is 56.9 Å². The summed E-state index contributed by atoms with van der Waals surface area (Å²) in [7, 11) is 7.56. The zero-order valence-corrected chi connectivity index (χ0v) is 40.0. The van der Waals surface area contributed by atoms with Crippen molar-refractivity contribution in [2.45, 2.75) is 25.4 Å². The van der Waals surface area contributed by atoms with Crippen LogP contribution in [0.2, 0.25) is 0 Å². The summed E-state index contributed by atoms with van der Waals surface area (Å²) < 4.78 is 30.3. The molecule has 1 atom stereocenters. The second-order valence-corrected chi connectivity index (χ2v) is 16.7. The van der Waals surface area contributed by atoms with E-state index in [1.54, 1.807) is 37.6 Å². The van der Waals surface area contributed by atoms with Gasteiger partial charge in [0.25, 0.3) is 5.91 Å². The number of hydrogen-bond donors (Lipinski definition) is 4. The molecule has 4 heterocycles. The van der Waals surface area contributed by atoms with Gasteiger partial charge in [-0.2, -0.15) is 0 Å². The Bertz CT molecular complexity index is 2690. The van der Waals surface area contributed by atoms with Gasteiger partial charge < -0.3 is 58.9 Å². The van der Waals surface area contributed by atoms with Gasteiger partial charge in [-0.1, -0.05) is 30.8 Å². The summed E-state index contributed by atoms with van der Waals surface area (Å²) in [5.41, 5.74) is 6.21. The average molecular weight is 961 g/mol. The van der Waals surface area contributed by atoms with Crippen molar-refractivity contribution in [1.29, 1.82) is 0 Å². The van der Waals surface area contributed by atoms with Crippen molar-refractivity contribution < 1.29 is 47.7 Å². The number of imide groups is 1. The molecule has 20 nitrogen and oxygen atoms in total. The van der Waals surface area contributed by atoms with E-state index in [2.05, 4.69) is 60.6 Å². The molecule has 0 radical (unpaired) electrons. The number of nitrogens with one attached hydrogen (secondary N) is 4. The fraction of sp³-hybridized carbons (Fsp3) is 0.380. The molecule has 1 unspecified atom stereocenters. The maximum absolute atomic E-state index is 13.1. The molecule has 70 heavy (non-hydrogen) atoms. The Balaban J connectivity index is 0.762. The largest absolute Gasteiger partial charge is 0.494 e. The highest BCUT2D eigenvalue weighted by molar-refractivity contribution is 6.07. The molecule has 0 bridgehead atoms. The number of carbonyl (C=O) groups is 5. The third-order valence-corrected chi connectivity index (χ3v) is 11.9. The predicted molar refractivity (Wildman–Crippen MR) is 264 cm³/mol. The van der Waals surface area contributed by atoms with Gasteiger partial charge in [-0.3, -0.25) is 29.3 Å². The third kappa shape index (κ3) is 12.9. The summed E-state index contributed by atoms with van der Waals surface area (Å²) >= 11 is 0. The van der Waals surface area contributed by atoms with Gasteiger partial charge in [-0.15, -0.1) is 0 Å². The summed E-state index contributed by atoms with van der Waals surface area (Å²) in [5.74, 6) is -1.00. The average Bonchev–Trinajstić information content (AvgIpc) is 3.88. The lowest BCUT2D eigenvalue weighted by molar-refractivity contribution is -0.137. The van der Waals surface area contributed by atoms with Crippen LogP contribution in [0.4, 0.5) is 28.7 Å². The quantitative estimate of drug-likeness (QED) is 0.0344. The standard InChI is InChI=1S/C50H60N10O10/c1-6-45(61)53-39-28-40(55-50-51-17-16-38(54-50)35-30-59(4)41-13-8-7-10-33(35)41)44(66-5)29-43(39)58(3)19-18-57(2)20-21-67-22-23-68-24-25-69-26-27-70-32-47(63)52-37-12-9-11-34-36(37)31-60(49(34)65)42-14-15-46(62)56-48(42)64/h6-13,16-17,28-30,42H,1,14-15,18-27,31-32H2,2-5H3,(H,52,63)(H,53,61)(H,51,54,55)(H,56,62,64). The Morgan fingerprint density at radius 2 is 1.60 bits per heavy atom. The number of carbonyl (C=O) groups excluding carboxylic acids is 5. The van der Waals surface area contributed by atoms with Crippen LogP contribution < -0.4 is 30.9 Å². The van der Waals surface area contributed by atoms with Crippen LogP contribution in [0.1, 0.15) is 28.8 Å². The number of methoxy groups -OCH3 is 1. The number of nitrogens with zero attached hydrogens (tertiary/aromatic N) is 6. The monoisotopic (exact) mass is 960 g/mol. The number of aromatic nitrogens is 3. The van der Waals surface area contributed by atoms with Crippen molar-refractivity contribution in [3.63, 3.8) is 0 Å². The molecule has 5 aromatic rings. The van der Waals surface area contributed by atoms with E-state index in [0.717, 1.165) is 27.8 Å². The van der Waals surface area contributed by atoms with Crippen LogP contribution in [0.15, 0.2) is 85.7 Å². The highest BCUT2D eigenvalue weighted by Crippen LogP contribution is 2.39. The number of likely N-dealkylation sites (N-methyl/N-ethyl adjacent to an activating group) is 2. The number of fused-ring (bicyclic) bond motifs is 2. The van der Waals surface area contributed by atoms with Crippen LogP contribution in [-0.4, -0.2) is 154 Å². The van der Waals surface area contributed by atoms with Crippen LogP contribution in [0.3, 0.4) is 0 Å². The van der Waals surface area contributed by atoms with Gasteiger partial charge in [0, 0.05) is 98.4 Å². The summed E-state index contributed by atoms with van der Waals surface area (Å²) in [4.78, 5) is 77.2. The molecule has 5 amide bonds. The van der Waals surface area contributed by atoms with E-state index in [1.807, 2.05) is 50.3 Å². The lowest BCUT2D eigenvalue weighted by atomic mass is 10.0. The van der Waals surface area contributed by atoms with Crippen molar-refractivity contribution in [3.8, 4) is 17.0 Å². The Morgan fingerprint density at radius 3 is 2.34 bits per heavy atom. The first kappa shape index (κ1) is 50.6. The molecule has 0 aliphatic carbocycles. The van der Waals surface area contributed by atoms with E-state index in [0.29, 0.717) is 92.6 Å². The first-order valence-electron chi connectivity index (χ1n) is 23.0. The smallest absolute Gasteiger partial charge is 0.255 e. The Morgan fingerprint density at radius 1 is 0.857 bits per heavy atom. The maximum atomic E-state index is 13.1. The van der Waals surface area contributed by atoms with Gasteiger partial charge in [-0.25, -0.2) is 9.97 Å². The summed E-state index contributed by atoms with van der Waals surface area (Å²) in [6.07, 6.45) is 5.39. The SMILES string of the molecule is C=CC(=O)Nc1cc(Nc2nccc(-c3cn(C)c4ccccc34)n2)c(OC)cc1N(C)CCN(C)CCOCCOCCOCCOCC(=O)Nc1cccc2c1CN(C1CCC(=O)NC1=O)C2=O. The molecule has 2 aromatic heterocycles. The van der Waals surface area contributed by atoms with Crippen LogP contribution in [0, 0.1) is 0 Å². The highest BCUT2D eigenvalue weighted by atomic mass is 16.6. The second kappa shape index (κ2) is 24.4. The fourth-order valence-corrected chi connectivity index (χ4v) is 8.16. The first-order valence-corrected chi connectivity index (χ1v) is 23.0. The lowest BCUT2D eigenvalue weighted by Gasteiger charge is -2.29. The molecule has 3 aromatic carbocycles. The van der Waals surface area contributed by atoms with Crippen molar-refractivity contribution in [1.82, 2.24) is 29.7 Å². The number of rotatable bonds is 26. The predicted octanol–water partition coefficient (Wildman–Crippen LogP) is 4.35. The number of ether oxygens (including phenoxy) is 5. The van der Waals surface area contributed by atoms with Gasteiger partial charge in [-0.05, 0) is 49.9 Å². The number of benzene rings is 3. The maximum Gasteiger partial charge on any atom is 0.255 e. The first-order chi connectivity index (χ1) is 33.9. The van der Waals surface area contributed by atoms with Gasteiger partial charge in [0.1, 0.15) is 18.4 Å². The fourth-order valence-electron chi connectivity index (χ4n) is 8.16. The minimum Gasteiger partial charge on any atom is -0.494 e. The van der Waals surface area contributed by atoms with Gasteiger partial charge >= 0.3 is 0 Å². The summed E-state index contributed by atoms with van der Waals surface area (Å²) in [6.45, 7) is 8.10. The highest BCUT2D eigenvalue weighted by Gasteiger charge is 2.40. The summed E-state index contributed by atoms with van der Waals surface area (Å²) in [5, 5.41) is 12.4. The Labute approximate surface area is 406 Å². The van der Waals surface area contributed by atoms with Crippen LogP contribution in [0.25, 0.3) is 22.2 Å². The zero-order valence-electron chi connectivity index (χ0n) is 40.0. The van der Waals surface area contributed by atoms with Crippen LogP contribution in [0.5, 0.6) is 5.75 Å². The molecule has 4 N–H and O–H groups in total. The number of amides is 5. The minimum atomic E-state index is -0.743. The van der Waals surface area contributed by atoms with Gasteiger partial charge in [0.2, 0.25) is 29.6 Å². The van der Waals surface area contributed by atoms with Crippen LogP contribution >= 0.6 is 0 Å². The number of anilines is 5. The van der Waals surface area contributed by atoms with Crippen molar-refractivity contribution >= 4 is 69.1 Å². The molecule has 7 rings (SSSR count). The van der Waals surface area contributed by atoms with Crippen molar-refractivity contribution in [2.24, 2.45) is 7.05 Å². The van der Waals surface area contributed by atoms with Crippen molar-refractivity contribution in [3.05, 3.63) is 96.8 Å². The van der Waals surface area contributed by atoms with E-state index in [4.69, 9.17) is 28.7 Å². The molecular weight excluding hydrogens is 901 g/mol. The number of piperidine rings is 1. The van der Waals surface area contributed by atoms with Crippen molar-refractivity contribution in [2.75, 3.05) is 115 Å². The number of para-hydroxylation sites is 1. The normalized spacial score (nSPS) is 14.4. The molecule has 20 heteroatoms. The molecule has 370 valence electrons. The second-order valence-electron chi connectivity index (χ2n) is 16.7. The van der Waals surface area contributed by atoms with E-state index >= 15 is 0 Å². The summed E-state index contributed by atoms with van der Waals surface area (Å²) in [6, 6.07) is 18.0. The molecular formula is C50H60N10O10. The molecule has 1 saturated heterocycles. The van der Waals surface area contributed by atoms with E-state index < -0.39 is 17.9 Å². The third-order valence-electron chi connectivity index (χ3n) is 11.9. The van der Waals surface area contributed by atoms with Gasteiger partial charge in [0.05, 0.1) is 76.1 Å². The van der Waals surface area contributed by atoms with Gasteiger partial charge in [0.15, 0.2) is 0 Å². The number of hydrogen-bond acceptors (Lipinski definition) is 15. The van der Waals surface area contributed by atoms with E-state index in [9.17, 15) is 24.0 Å². The topological polar surface area (TPSA) is 220 Å². The lowest BCUT2D eigenvalue weighted by Crippen LogP contribution is -2.52. The molecule has 0 spiro atoms. The Kier molecular flexibility index (Phi) is 17.6. The minimum absolute atomic E-state index is 0.147. The molecule has 2 aliphatic heterocycles. The van der Waals surface area contributed by atoms with E-state index in [1.165, 1.54) is 11.0 Å². The number of aryl methyl sites for hydroxylation is 1.